The fourth-order valence-corrected chi connectivity index (χ4v) is 2.84. The molecule has 2 bridgehead atoms. The number of aromatic nitrogens is 2. The summed E-state index contributed by atoms with van der Waals surface area (Å²) in [4.78, 5) is 0. The van der Waals surface area contributed by atoms with E-state index in [2.05, 4.69) is 29.4 Å². The lowest BCUT2D eigenvalue weighted by Gasteiger charge is -2.22. The first-order valence-electron chi connectivity index (χ1n) is 5.58. The highest BCUT2D eigenvalue weighted by Gasteiger charge is 2.35. The molecular formula is C11H17N3. The largest absolute Gasteiger partial charge is 0.307 e. The van der Waals surface area contributed by atoms with Crippen molar-refractivity contribution in [2.45, 2.75) is 51.1 Å². The van der Waals surface area contributed by atoms with Crippen LogP contribution in [0.15, 0.2) is 0 Å². The number of fused-ring (bicyclic) bond motifs is 4. The van der Waals surface area contributed by atoms with Gasteiger partial charge in [-0.05, 0) is 18.8 Å². The first-order valence-corrected chi connectivity index (χ1v) is 5.58. The number of nitrogens with one attached hydrogen (secondary N) is 2. The molecule has 1 aromatic heterocycles. The predicted octanol–water partition coefficient (Wildman–Crippen LogP) is 1.88. The summed E-state index contributed by atoms with van der Waals surface area (Å²) in [6, 6.07) is 1.29. The van der Waals surface area contributed by atoms with Crippen LogP contribution >= 0.6 is 0 Å². The van der Waals surface area contributed by atoms with E-state index in [1.54, 1.807) is 0 Å². The van der Waals surface area contributed by atoms with Crippen LogP contribution < -0.4 is 5.32 Å². The van der Waals surface area contributed by atoms with Gasteiger partial charge in [-0.3, -0.25) is 5.10 Å². The van der Waals surface area contributed by atoms with E-state index in [1.807, 2.05) is 0 Å². The second kappa shape index (κ2) is 2.83. The van der Waals surface area contributed by atoms with Crippen molar-refractivity contribution in [3.05, 3.63) is 17.0 Å². The van der Waals surface area contributed by atoms with Crippen molar-refractivity contribution >= 4 is 0 Å². The molecule has 0 saturated carbocycles. The van der Waals surface area contributed by atoms with E-state index < -0.39 is 0 Å². The number of hydrogen-bond donors (Lipinski definition) is 2. The Bertz CT molecular complexity index is 353. The highest BCUT2D eigenvalue weighted by Crippen LogP contribution is 2.38. The number of aromatic amines is 1. The third kappa shape index (κ3) is 1.05. The Morgan fingerprint density at radius 2 is 2.21 bits per heavy atom. The fraction of sp³-hybridized carbons (Fsp3) is 0.727. The highest BCUT2D eigenvalue weighted by atomic mass is 15.2. The molecule has 1 saturated heterocycles. The topological polar surface area (TPSA) is 40.7 Å². The standard InChI is InChI=1S/C11H17N3/c1-6(2)11-10-8-4-3-7(12-8)5-9(10)13-14-11/h6-8,12H,3-5H2,1-2H3,(H,13,14)/t7-,8+/m1/s1. The summed E-state index contributed by atoms with van der Waals surface area (Å²) in [6.07, 6.45) is 3.76. The van der Waals surface area contributed by atoms with Gasteiger partial charge in [0.25, 0.3) is 0 Å². The molecule has 1 aromatic rings. The minimum Gasteiger partial charge on any atom is -0.307 e. The quantitative estimate of drug-likeness (QED) is 0.711. The van der Waals surface area contributed by atoms with Crippen LogP contribution in [-0.2, 0) is 6.42 Å². The van der Waals surface area contributed by atoms with Crippen molar-refractivity contribution in [3.8, 4) is 0 Å². The fourth-order valence-electron chi connectivity index (χ4n) is 2.84. The maximum atomic E-state index is 4.45. The lowest BCUT2D eigenvalue weighted by Crippen LogP contribution is -2.31. The zero-order chi connectivity index (χ0) is 9.71. The monoisotopic (exact) mass is 191 g/mol. The molecule has 2 aliphatic heterocycles. The molecule has 3 heterocycles. The molecule has 3 nitrogen and oxygen atoms in total. The molecule has 2 aliphatic rings. The summed E-state index contributed by atoms with van der Waals surface area (Å²) >= 11 is 0. The second-order valence-electron chi connectivity index (χ2n) is 4.85. The summed E-state index contributed by atoms with van der Waals surface area (Å²) in [5.41, 5.74) is 4.14. The summed E-state index contributed by atoms with van der Waals surface area (Å²) in [7, 11) is 0. The van der Waals surface area contributed by atoms with E-state index in [9.17, 15) is 0 Å². The first kappa shape index (κ1) is 8.48. The SMILES string of the molecule is CC(C)c1n[nH]c2c1[C@@H]1CC[C@H](C2)N1. The van der Waals surface area contributed by atoms with Crippen LogP contribution in [0.4, 0.5) is 0 Å². The lowest BCUT2D eigenvalue weighted by molar-refractivity contribution is 0.507. The Morgan fingerprint density at radius 1 is 1.36 bits per heavy atom. The lowest BCUT2D eigenvalue weighted by atomic mass is 9.95. The average molecular weight is 191 g/mol. The molecule has 3 rings (SSSR count). The molecule has 0 aliphatic carbocycles. The van der Waals surface area contributed by atoms with Gasteiger partial charge in [-0.1, -0.05) is 13.8 Å². The van der Waals surface area contributed by atoms with Gasteiger partial charge >= 0.3 is 0 Å². The van der Waals surface area contributed by atoms with E-state index in [1.165, 1.54) is 29.8 Å². The van der Waals surface area contributed by atoms with Crippen LogP contribution in [0.25, 0.3) is 0 Å². The highest BCUT2D eigenvalue weighted by molar-refractivity contribution is 5.35. The zero-order valence-electron chi connectivity index (χ0n) is 8.80. The number of nitrogens with zero attached hydrogens (tertiary/aromatic N) is 1. The van der Waals surface area contributed by atoms with Crippen molar-refractivity contribution in [2.75, 3.05) is 0 Å². The number of rotatable bonds is 1. The third-order valence-corrected chi connectivity index (χ3v) is 3.50. The van der Waals surface area contributed by atoms with E-state index in [4.69, 9.17) is 0 Å². The van der Waals surface area contributed by atoms with Gasteiger partial charge in [-0.25, -0.2) is 0 Å². The summed E-state index contributed by atoms with van der Waals surface area (Å²) in [6.45, 7) is 4.44. The Hall–Kier alpha value is -0.830. The van der Waals surface area contributed by atoms with Gasteiger partial charge in [0.2, 0.25) is 0 Å². The maximum absolute atomic E-state index is 4.45. The molecule has 0 aromatic carbocycles. The third-order valence-electron chi connectivity index (χ3n) is 3.50. The van der Waals surface area contributed by atoms with E-state index in [-0.39, 0.29) is 0 Å². The minimum absolute atomic E-state index is 0.536. The van der Waals surface area contributed by atoms with Crippen molar-refractivity contribution < 1.29 is 0 Å². The van der Waals surface area contributed by atoms with Gasteiger partial charge in [-0.2, -0.15) is 5.10 Å². The molecule has 2 N–H and O–H groups in total. The average Bonchev–Trinajstić information content (AvgIpc) is 2.71. The van der Waals surface area contributed by atoms with Crippen LogP contribution in [0.1, 0.15) is 55.6 Å². The van der Waals surface area contributed by atoms with Crippen molar-refractivity contribution in [1.82, 2.24) is 15.5 Å². The van der Waals surface area contributed by atoms with Gasteiger partial charge in [-0.15, -0.1) is 0 Å². The Labute approximate surface area is 84.3 Å². The molecule has 0 radical (unpaired) electrons. The molecule has 14 heavy (non-hydrogen) atoms. The van der Waals surface area contributed by atoms with Crippen molar-refractivity contribution in [3.63, 3.8) is 0 Å². The van der Waals surface area contributed by atoms with Crippen LogP contribution in [0.3, 0.4) is 0 Å². The van der Waals surface area contributed by atoms with Gasteiger partial charge < -0.3 is 5.32 Å². The Kier molecular flexibility index (Phi) is 1.71. The van der Waals surface area contributed by atoms with E-state index >= 15 is 0 Å². The molecule has 76 valence electrons. The zero-order valence-corrected chi connectivity index (χ0v) is 8.80. The normalized spacial score (nSPS) is 29.6. The Balaban J connectivity index is 2.08. The molecule has 1 fully saturated rings. The first-order chi connectivity index (χ1) is 6.75. The number of hydrogen-bond acceptors (Lipinski definition) is 2. The molecule has 0 spiro atoms. The van der Waals surface area contributed by atoms with E-state index in [0.717, 1.165) is 6.42 Å². The molecule has 0 unspecified atom stereocenters. The molecule has 2 atom stereocenters. The predicted molar refractivity (Wildman–Crippen MR) is 55.3 cm³/mol. The molecular weight excluding hydrogens is 174 g/mol. The van der Waals surface area contributed by atoms with Crippen LogP contribution in [-0.4, -0.2) is 16.2 Å². The maximum Gasteiger partial charge on any atom is 0.0698 e. The van der Waals surface area contributed by atoms with E-state index in [0.29, 0.717) is 18.0 Å². The number of H-pyrrole nitrogens is 1. The van der Waals surface area contributed by atoms with Crippen molar-refractivity contribution in [2.24, 2.45) is 0 Å². The van der Waals surface area contributed by atoms with Gasteiger partial charge in [0.1, 0.15) is 0 Å². The van der Waals surface area contributed by atoms with Gasteiger partial charge in [0.15, 0.2) is 0 Å². The van der Waals surface area contributed by atoms with Crippen LogP contribution in [0.2, 0.25) is 0 Å². The van der Waals surface area contributed by atoms with Gasteiger partial charge in [0.05, 0.1) is 5.69 Å². The van der Waals surface area contributed by atoms with Crippen LogP contribution in [0.5, 0.6) is 0 Å². The Morgan fingerprint density at radius 3 is 3.00 bits per heavy atom. The molecule has 0 amide bonds. The summed E-state index contributed by atoms with van der Waals surface area (Å²) < 4.78 is 0. The summed E-state index contributed by atoms with van der Waals surface area (Å²) in [5, 5.41) is 11.3. The minimum atomic E-state index is 0.536. The smallest absolute Gasteiger partial charge is 0.0698 e. The van der Waals surface area contributed by atoms with Crippen molar-refractivity contribution in [1.29, 1.82) is 0 Å². The van der Waals surface area contributed by atoms with Crippen LogP contribution in [0, 0.1) is 0 Å². The van der Waals surface area contributed by atoms with Gasteiger partial charge in [0, 0.05) is 29.8 Å². The second-order valence-corrected chi connectivity index (χ2v) is 4.85. The summed E-state index contributed by atoms with van der Waals surface area (Å²) in [5.74, 6) is 0.536. The molecule has 3 heteroatoms.